The Hall–Kier alpha value is -2.57. The van der Waals surface area contributed by atoms with Gasteiger partial charge in [0.2, 0.25) is 5.76 Å². The lowest BCUT2D eigenvalue weighted by Gasteiger charge is -2.12. The van der Waals surface area contributed by atoms with Crippen molar-refractivity contribution < 1.29 is 27.8 Å². The molecule has 0 aliphatic heterocycles. The molecule has 0 bridgehead atoms. The van der Waals surface area contributed by atoms with Crippen molar-refractivity contribution in [1.29, 1.82) is 0 Å². The molecule has 7 heteroatoms. The summed E-state index contributed by atoms with van der Waals surface area (Å²) in [7, 11) is 0. The normalized spacial score (nSPS) is 10.6. The fourth-order valence-electron chi connectivity index (χ4n) is 1.66. The van der Waals surface area contributed by atoms with Gasteiger partial charge in [0.05, 0.1) is 12.0 Å². The molecule has 1 aromatic heterocycles. The number of halogens is 2. The van der Waals surface area contributed by atoms with E-state index in [0.717, 1.165) is 0 Å². The minimum Gasteiger partial charge on any atom is -0.475 e. The molecule has 20 heavy (non-hydrogen) atoms. The summed E-state index contributed by atoms with van der Waals surface area (Å²) in [5.74, 6) is -1.39. The van der Waals surface area contributed by atoms with Gasteiger partial charge in [0.1, 0.15) is 5.75 Å². The molecule has 0 fully saturated rings. The van der Waals surface area contributed by atoms with Gasteiger partial charge in [-0.2, -0.15) is 8.78 Å². The molecule has 0 aliphatic carbocycles. The van der Waals surface area contributed by atoms with Crippen LogP contribution in [0.3, 0.4) is 0 Å². The average molecular weight is 283 g/mol. The third-order valence-corrected chi connectivity index (χ3v) is 2.51. The maximum atomic E-state index is 12.2. The molecule has 2 rings (SSSR count). The second kappa shape index (κ2) is 6.05. The molecule has 106 valence electrons. The smallest absolute Gasteiger partial charge is 0.387 e. The highest BCUT2D eigenvalue weighted by Gasteiger charge is 2.14. The first-order valence-electron chi connectivity index (χ1n) is 5.65. The van der Waals surface area contributed by atoms with E-state index >= 15 is 0 Å². The SMILES string of the molecule is O=C(O)c1occc1CNc1ccccc1OC(F)F. The molecule has 0 aliphatic rings. The standard InChI is InChI=1S/C13H11F2NO4/c14-13(15)20-10-4-2-1-3-9(10)16-7-8-5-6-19-11(8)12(17)18/h1-6,13,16H,7H2,(H,17,18). The van der Waals surface area contributed by atoms with Gasteiger partial charge in [-0.05, 0) is 18.2 Å². The van der Waals surface area contributed by atoms with Gasteiger partial charge >= 0.3 is 12.6 Å². The fourth-order valence-corrected chi connectivity index (χ4v) is 1.66. The zero-order chi connectivity index (χ0) is 14.5. The highest BCUT2D eigenvalue weighted by atomic mass is 19.3. The van der Waals surface area contributed by atoms with E-state index in [4.69, 9.17) is 9.52 Å². The van der Waals surface area contributed by atoms with Crippen LogP contribution in [0.4, 0.5) is 14.5 Å². The Labute approximate surface area is 112 Å². The summed E-state index contributed by atoms with van der Waals surface area (Å²) in [5.41, 5.74) is 0.745. The van der Waals surface area contributed by atoms with Gasteiger partial charge in [-0.3, -0.25) is 0 Å². The van der Waals surface area contributed by atoms with E-state index in [2.05, 4.69) is 10.1 Å². The van der Waals surface area contributed by atoms with Crippen LogP contribution in [0.15, 0.2) is 41.0 Å². The number of anilines is 1. The van der Waals surface area contributed by atoms with Gasteiger partial charge in [-0.1, -0.05) is 12.1 Å². The number of ether oxygens (including phenoxy) is 1. The fraction of sp³-hybridized carbons (Fsp3) is 0.154. The largest absolute Gasteiger partial charge is 0.475 e. The zero-order valence-corrected chi connectivity index (χ0v) is 10.2. The maximum absolute atomic E-state index is 12.2. The highest BCUT2D eigenvalue weighted by molar-refractivity contribution is 5.86. The van der Waals surface area contributed by atoms with Gasteiger partial charge in [0.15, 0.2) is 0 Å². The lowest BCUT2D eigenvalue weighted by molar-refractivity contribution is -0.0493. The van der Waals surface area contributed by atoms with Crippen molar-refractivity contribution in [3.63, 3.8) is 0 Å². The number of rotatable bonds is 6. The Balaban J connectivity index is 2.11. The Bertz CT molecular complexity index is 598. The third kappa shape index (κ3) is 3.25. The summed E-state index contributed by atoms with van der Waals surface area (Å²) in [4.78, 5) is 10.9. The number of carboxylic acids is 1. The van der Waals surface area contributed by atoms with Gasteiger partial charge in [-0.15, -0.1) is 0 Å². The Morgan fingerprint density at radius 2 is 2.10 bits per heavy atom. The summed E-state index contributed by atoms with van der Waals surface area (Å²) in [6.45, 7) is -2.82. The predicted octanol–water partition coefficient (Wildman–Crippen LogP) is 3.19. The number of alkyl halides is 2. The van der Waals surface area contributed by atoms with Crippen molar-refractivity contribution in [2.45, 2.75) is 13.2 Å². The summed E-state index contributed by atoms with van der Waals surface area (Å²) < 4.78 is 33.7. The quantitative estimate of drug-likeness (QED) is 0.851. The third-order valence-electron chi connectivity index (χ3n) is 2.51. The van der Waals surface area contributed by atoms with Crippen molar-refractivity contribution >= 4 is 11.7 Å². The molecule has 0 unspecified atom stereocenters. The van der Waals surface area contributed by atoms with E-state index in [1.165, 1.54) is 18.4 Å². The number of para-hydroxylation sites is 2. The van der Waals surface area contributed by atoms with Crippen LogP contribution >= 0.6 is 0 Å². The predicted molar refractivity (Wildman–Crippen MR) is 66.1 cm³/mol. The van der Waals surface area contributed by atoms with E-state index in [0.29, 0.717) is 11.3 Å². The van der Waals surface area contributed by atoms with Gasteiger partial charge < -0.3 is 19.6 Å². The van der Waals surface area contributed by atoms with Gasteiger partial charge in [-0.25, -0.2) is 4.79 Å². The topological polar surface area (TPSA) is 71.7 Å². The lowest BCUT2D eigenvalue weighted by atomic mass is 10.2. The summed E-state index contributed by atoms with van der Waals surface area (Å²) in [6, 6.07) is 7.64. The molecule has 2 aromatic rings. The van der Waals surface area contributed by atoms with Crippen LogP contribution < -0.4 is 10.1 Å². The molecule has 5 nitrogen and oxygen atoms in total. The lowest BCUT2D eigenvalue weighted by Crippen LogP contribution is -2.08. The molecular weight excluding hydrogens is 272 g/mol. The van der Waals surface area contributed by atoms with E-state index < -0.39 is 12.6 Å². The molecule has 0 radical (unpaired) electrons. The molecule has 1 aromatic carbocycles. The summed E-state index contributed by atoms with van der Waals surface area (Å²) >= 11 is 0. The Morgan fingerprint density at radius 3 is 2.80 bits per heavy atom. The molecule has 0 saturated heterocycles. The van der Waals surface area contributed by atoms with Crippen molar-refractivity contribution in [2.75, 3.05) is 5.32 Å². The number of hydrogen-bond acceptors (Lipinski definition) is 4. The van der Waals surface area contributed by atoms with Crippen LogP contribution in [0.2, 0.25) is 0 Å². The monoisotopic (exact) mass is 283 g/mol. The first-order valence-corrected chi connectivity index (χ1v) is 5.65. The van der Waals surface area contributed by atoms with Crippen molar-refractivity contribution in [2.24, 2.45) is 0 Å². The van der Waals surface area contributed by atoms with Gasteiger partial charge in [0.25, 0.3) is 0 Å². The van der Waals surface area contributed by atoms with Crippen molar-refractivity contribution in [3.05, 3.63) is 47.9 Å². The summed E-state index contributed by atoms with van der Waals surface area (Å²) in [5, 5.41) is 11.7. The van der Waals surface area contributed by atoms with Crippen molar-refractivity contribution in [3.8, 4) is 5.75 Å². The van der Waals surface area contributed by atoms with Crippen LogP contribution in [0.25, 0.3) is 0 Å². The number of furan rings is 1. The molecule has 0 saturated carbocycles. The molecule has 0 spiro atoms. The minimum atomic E-state index is -2.93. The number of hydrogen-bond donors (Lipinski definition) is 2. The Kier molecular flexibility index (Phi) is 4.19. The first kappa shape index (κ1) is 13.9. The molecular formula is C13H11F2NO4. The number of benzene rings is 1. The average Bonchev–Trinajstić information content (AvgIpc) is 2.85. The molecule has 0 amide bonds. The van der Waals surface area contributed by atoms with Crippen LogP contribution in [0.5, 0.6) is 5.75 Å². The minimum absolute atomic E-state index is 0.0112. The number of aromatic carboxylic acids is 1. The van der Waals surface area contributed by atoms with Crippen molar-refractivity contribution in [1.82, 2.24) is 0 Å². The molecule has 0 atom stereocenters. The Morgan fingerprint density at radius 1 is 1.35 bits per heavy atom. The molecule has 1 heterocycles. The van der Waals surface area contributed by atoms with E-state index in [1.54, 1.807) is 18.2 Å². The number of carboxylic acid groups (broad SMARTS) is 1. The number of carbonyl (C=O) groups is 1. The second-order valence-electron chi connectivity index (χ2n) is 3.81. The van der Waals surface area contributed by atoms with Crippen LogP contribution in [0, 0.1) is 0 Å². The summed E-state index contributed by atoms with van der Waals surface area (Å²) in [6.07, 6.45) is 1.25. The van der Waals surface area contributed by atoms with Crippen LogP contribution in [-0.4, -0.2) is 17.7 Å². The second-order valence-corrected chi connectivity index (χ2v) is 3.81. The van der Waals surface area contributed by atoms with Crippen LogP contribution in [0.1, 0.15) is 16.1 Å². The van der Waals surface area contributed by atoms with Crippen LogP contribution in [-0.2, 0) is 6.54 Å². The maximum Gasteiger partial charge on any atom is 0.387 e. The number of nitrogens with one attached hydrogen (secondary N) is 1. The van der Waals surface area contributed by atoms with Gasteiger partial charge in [0, 0.05) is 12.1 Å². The highest BCUT2D eigenvalue weighted by Crippen LogP contribution is 2.26. The molecule has 2 N–H and O–H groups in total. The zero-order valence-electron chi connectivity index (χ0n) is 10.2. The first-order chi connectivity index (χ1) is 9.58. The van der Waals surface area contributed by atoms with E-state index in [-0.39, 0.29) is 18.1 Å². The van der Waals surface area contributed by atoms with E-state index in [1.807, 2.05) is 0 Å². The van der Waals surface area contributed by atoms with E-state index in [9.17, 15) is 13.6 Å².